The summed E-state index contributed by atoms with van der Waals surface area (Å²) < 4.78 is 5.15. The lowest BCUT2D eigenvalue weighted by atomic mass is 9.89. The molecule has 3 rings (SSSR count). The molecule has 0 fully saturated rings. The highest BCUT2D eigenvalue weighted by Crippen LogP contribution is 2.36. The topological polar surface area (TPSA) is 76.7 Å². The summed E-state index contributed by atoms with van der Waals surface area (Å²) in [6, 6.07) is 11.4. The van der Waals surface area contributed by atoms with E-state index < -0.39 is 5.54 Å². The van der Waals surface area contributed by atoms with Gasteiger partial charge in [-0.1, -0.05) is 18.2 Å². The molecule has 21 heavy (non-hydrogen) atoms. The third-order valence-corrected chi connectivity index (χ3v) is 4.50. The molecular formula is C15H15N3O2S. The van der Waals surface area contributed by atoms with E-state index in [0.717, 1.165) is 16.2 Å². The summed E-state index contributed by atoms with van der Waals surface area (Å²) in [5.74, 6) is 0.767. The van der Waals surface area contributed by atoms with E-state index in [4.69, 9.17) is 10.5 Å². The molecule has 5 nitrogen and oxygen atoms in total. The van der Waals surface area contributed by atoms with Crippen molar-refractivity contribution in [2.24, 2.45) is 10.7 Å². The molecule has 1 unspecified atom stereocenters. The van der Waals surface area contributed by atoms with Crippen LogP contribution in [0.4, 0.5) is 0 Å². The zero-order valence-corrected chi connectivity index (χ0v) is 12.3. The first-order valence-electron chi connectivity index (χ1n) is 6.48. The third kappa shape index (κ3) is 2.38. The van der Waals surface area contributed by atoms with Gasteiger partial charge in [-0.05, 0) is 29.1 Å². The lowest BCUT2D eigenvalue weighted by molar-refractivity contribution is -0.123. The minimum absolute atomic E-state index is 0.168. The van der Waals surface area contributed by atoms with Gasteiger partial charge in [0.25, 0.3) is 5.91 Å². The number of hydrogen-bond acceptors (Lipinski definition) is 5. The van der Waals surface area contributed by atoms with Gasteiger partial charge in [0, 0.05) is 11.3 Å². The van der Waals surface area contributed by atoms with Crippen LogP contribution < -0.4 is 15.8 Å². The number of methoxy groups -OCH3 is 1. The largest absolute Gasteiger partial charge is 0.497 e. The Kier molecular flexibility index (Phi) is 3.39. The fourth-order valence-electron chi connectivity index (χ4n) is 2.43. The van der Waals surface area contributed by atoms with Gasteiger partial charge in [0.15, 0.2) is 11.5 Å². The average Bonchev–Trinajstić information content (AvgIpc) is 3.09. The summed E-state index contributed by atoms with van der Waals surface area (Å²) in [5.41, 5.74) is 5.74. The number of rotatable bonds is 4. The minimum Gasteiger partial charge on any atom is -0.497 e. The highest BCUT2D eigenvalue weighted by Gasteiger charge is 2.45. The number of amides is 1. The van der Waals surface area contributed by atoms with Crippen molar-refractivity contribution in [1.82, 2.24) is 5.32 Å². The van der Waals surface area contributed by atoms with E-state index in [1.54, 1.807) is 7.11 Å². The molecule has 0 radical (unpaired) electrons. The van der Waals surface area contributed by atoms with Gasteiger partial charge < -0.3 is 10.5 Å². The lowest BCUT2D eigenvalue weighted by Gasteiger charge is -2.22. The Morgan fingerprint density at radius 2 is 2.10 bits per heavy atom. The molecular weight excluding hydrogens is 286 g/mol. The predicted octanol–water partition coefficient (Wildman–Crippen LogP) is 1.64. The van der Waals surface area contributed by atoms with E-state index in [1.807, 2.05) is 41.8 Å². The Bertz CT molecular complexity index is 679. The van der Waals surface area contributed by atoms with Crippen molar-refractivity contribution in [1.29, 1.82) is 0 Å². The maximum Gasteiger partial charge on any atom is 0.260 e. The molecule has 2 heterocycles. The van der Waals surface area contributed by atoms with E-state index in [9.17, 15) is 4.79 Å². The average molecular weight is 301 g/mol. The number of aliphatic imine (C=N–C) groups is 1. The number of nitrogens with zero attached hydrogens (tertiary/aromatic N) is 1. The summed E-state index contributed by atoms with van der Waals surface area (Å²) >= 11 is 1.50. The molecule has 1 aliphatic rings. The third-order valence-electron chi connectivity index (χ3n) is 3.48. The number of nitrogens with one attached hydrogen (secondary N) is 1. The van der Waals surface area contributed by atoms with Crippen molar-refractivity contribution in [2.75, 3.05) is 7.11 Å². The molecule has 1 aromatic heterocycles. The van der Waals surface area contributed by atoms with E-state index in [-0.39, 0.29) is 11.9 Å². The number of hydrogen-bond donors (Lipinski definition) is 2. The summed E-state index contributed by atoms with van der Waals surface area (Å²) in [7, 11) is 1.62. The smallest absolute Gasteiger partial charge is 0.260 e. The maximum absolute atomic E-state index is 12.4. The molecule has 0 saturated heterocycles. The van der Waals surface area contributed by atoms with Crippen LogP contribution in [0.3, 0.4) is 0 Å². The highest BCUT2D eigenvalue weighted by atomic mass is 32.1. The summed E-state index contributed by atoms with van der Waals surface area (Å²) in [6.45, 7) is 0. The molecule has 1 aliphatic heterocycles. The van der Waals surface area contributed by atoms with Crippen LogP contribution in [-0.2, 0) is 16.8 Å². The number of guanidine groups is 1. The number of ether oxygens (including phenoxy) is 1. The second kappa shape index (κ2) is 5.21. The first-order chi connectivity index (χ1) is 10.1. The Balaban J connectivity index is 1.99. The van der Waals surface area contributed by atoms with Crippen LogP contribution in [0.1, 0.15) is 10.4 Å². The second-order valence-corrected chi connectivity index (χ2v) is 5.76. The second-order valence-electron chi connectivity index (χ2n) is 4.81. The molecule has 0 bridgehead atoms. The van der Waals surface area contributed by atoms with Gasteiger partial charge >= 0.3 is 0 Å². The van der Waals surface area contributed by atoms with Crippen molar-refractivity contribution in [2.45, 2.75) is 12.0 Å². The fourth-order valence-corrected chi connectivity index (χ4v) is 3.30. The van der Waals surface area contributed by atoms with Crippen LogP contribution in [0, 0.1) is 0 Å². The minimum atomic E-state index is -0.965. The maximum atomic E-state index is 12.4. The van der Waals surface area contributed by atoms with E-state index in [0.29, 0.717) is 6.42 Å². The molecule has 1 atom stereocenters. The van der Waals surface area contributed by atoms with E-state index >= 15 is 0 Å². The van der Waals surface area contributed by atoms with Crippen molar-refractivity contribution in [3.8, 4) is 5.75 Å². The van der Waals surface area contributed by atoms with Crippen LogP contribution in [0.15, 0.2) is 46.8 Å². The summed E-state index contributed by atoms with van der Waals surface area (Å²) in [4.78, 5) is 17.7. The van der Waals surface area contributed by atoms with Crippen molar-refractivity contribution >= 4 is 23.2 Å². The van der Waals surface area contributed by atoms with Gasteiger partial charge in [-0.15, -0.1) is 11.3 Å². The predicted molar refractivity (Wildman–Crippen MR) is 82.5 cm³/mol. The monoisotopic (exact) mass is 301 g/mol. The van der Waals surface area contributed by atoms with Crippen molar-refractivity contribution in [3.05, 3.63) is 52.2 Å². The Morgan fingerprint density at radius 1 is 1.33 bits per heavy atom. The SMILES string of the molecule is COc1ccc(CC2(c3cccs3)N=C(N)NC2=O)cc1. The first-order valence-corrected chi connectivity index (χ1v) is 7.36. The number of nitrogens with two attached hydrogens (primary N) is 1. The van der Waals surface area contributed by atoms with Crippen molar-refractivity contribution in [3.63, 3.8) is 0 Å². The molecule has 1 amide bonds. The van der Waals surface area contributed by atoms with Crippen LogP contribution in [0.2, 0.25) is 0 Å². The highest BCUT2D eigenvalue weighted by molar-refractivity contribution is 7.10. The van der Waals surface area contributed by atoms with Gasteiger partial charge in [0.05, 0.1) is 7.11 Å². The molecule has 0 aliphatic carbocycles. The zero-order valence-electron chi connectivity index (χ0n) is 11.5. The van der Waals surface area contributed by atoms with Crippen LogP contribution in [0.5, 0.6) is 5.75 Å². The van der Waals surface area contributed by atoms with Crippen LogP contribution >= 0.6 is 11.3 Å². The number of carbonyl (C=O) groups is 1. The van der Waals surface area contributed by atoms with Crippen LogP contribution in [0.25, 0.3) is 0 Å². The van der Waals surface area contributed by atoms with Crippen LogP contribution in [-0.4, -0.2) is 19.0 Å². The summed E-state index contributed by atoms with van der Waals surface area (Å²) in [6.07, 6.45) is 0.462. The Hall–Kier alpha value is -2.34. The normalized spacial score (nSPS) is 21.0. The molecule has 6 heteroatoms. The number of benzene rings is 1. The molecule has 2 aromatic rings. The number of thiophene rings is 1. The molecule has 3 N–H and O–H groups in total. The quantitative estimate of drug-likeness (QED) is 0.901. The van der Waals surface area contributed by atoms with E-state index in [2.05, 4.69) is 10.3 Å². The molecule has 0 spiro atoms. The molecule has 0 saturated carbocycles. The van der Waals surface area contributed by atoms with Gasteiger partial charge in [-0.2, -0.15) is 0 Å². The van der Waals surface area contributed by atoms with Gasteiger partial charge in [-0.25, -0.2) is 4.99 Å². The summed E-state index contributed by atoms with van der Waals surface area (Å²) in [5, 5.41) is 4.54. The standard InChI is InChI=1S/C15H15N3O2S/c1-20-11-6-4-10(5-7-11)9-15(12-3-2-8-21-12)13(19)17-14(16)18-15/h2-8H,9H2,1H3,(H3,16,17,18,19). The molecule has 108 valence electrons. The van der Waals surface area contributed by atoms with Crippen molar-refractivity contribution < 1.29 is 9.53 Å². The first kappa shape index (κ1) is 13.6. The van der Waals surface area contributed by atoms with Gasteiger partial charge in [0.1, 0.15) is 5.75 Å². The lowest BCUT2D eigenvalue weighted by Crippen LogP contribution is -2.39. The molecule has 1 aromatic carbocycles. The van der Waals surface area contributed by atoms with Gasteiger partial charge in [0.2, 0.25) is 0 Å². The van der Waals surface area contributed by atoms with Gasteiger partial charge in [-0.3, -0.25) is 10.1 Å². The fraction of sp³-hybridized carbons (Fsp3) is 0.200. The number of carbonyl (C=O) groups excluding carboxylic acids is 1. The Labute approximate surface area is 126 Å². The Morgan fingerprint density at radius 3 is 2.62 bits per heavy atom. The van der Waals surface area contributed by atoms with E-state index in [1.165, 1.54) is 11.3 Å². The zero-order chi connectivity index (χ0) is 14.9.